The molecule has 0 unspecified atom stereocenters. The highest BCUT2D eigenvalue weighted by Gasteiger charge is 2.55. The van der Waals surface area contributed by atoms with Gasteiger partial charge in [-0.25, -0.2) is 14.2 Å². The van der Waals surface area contributed by atoms with Crippen LogP contribution in [0.1, 0.15) is 43.1 Å². The first kappa shape index (κ1) is 30.5. The summed E-state index contributed by atoms with van der Waals surface area (Å²) in [6.45, 7) is 2.30. The van der Waals surface area contributed by atoms with Gasteiger partial charge in [0.25, 0.3) is 5.56 Å². The molecule has 2 saturated heterocycles. The molecule has 46 heavy (non-hydrogen) atoms. The molecule has 2 bridgehead atoms. The Labute approximate surface area is 277 Å². The number of halogens is 3. The highest BCUT2D eigenvalue weighted by Crippen LogP contribution is 2.53. The monoisotopic (exact) mass is 676 g/mol. The van der Waals surface area contributed by atoms with Crippen molar-refractivity contribution in [3.8, 4) is 17.2 Å². The number of aromatic nitrogens is 4. The molecule has 4 atom stereocenters. The minimum absolute atomic E-state index is 0.0465. The Hall–Kier alpha value is -4.11. The zero-order valence-corrected chi connectivity index (χ0v) is 27.1. The maximum absolute atomic E-state index is 17.0. The van der Waals surface area contributed by atoms with Crippen molar-refractivity contribution in [3.05, 3.63) is 86.4 Å². The fourth-order valence-corrected chi connectivity index (χ4v) is 8.27. The molecule has 1 amide bonds. The Balaban J connectivity index is 1.59. The number of nitriles is 1. The summed E-state index contributed by atoms with van der Waals surface area (Å²) in [6.07, 6.45) is 6.44. The molecular formula is C33H27Cl2FN6O3S. The standard InChI is InChI=1S/C33H27Cl2FN6O3S/c1-16(40-10-9-38-14-25(40)43)23-13-21-31(42(23)30-18-12-24(30)41(15-18)33(44)45)20-11-17(5-4-8-37)26(19-6-3-7-22(34)27(19)35)28(36)29(20)39-32(21)46-2/h3,6-7,9-11,13-14,16,18,24,30H,4-5,12,15H2,1-2H3,(H,44,45)/t16-,18-,24-,30+/m1/s1. The van der Waals surface area contributed by atoms with Crippen LogP contribution in [0.2, 0.25) is 10.0 Å². The number of thioether (sulfide) groups is 1. The Bertz CT molecular complexity index is 2180. The van der Waals surface area contributed by atoms with Gasteiger partial charge in [-0.2, -0.15) is 5.26 Å². The van der Waals surface area contributed by atoms with E-state index in [-0.39, 0.29) is 57.5 Å². The van der Waals surface area contributed by atoms with E-state index in [1.807, 2.05) is 25.3 Å². The summed E-state index contributed by atoms with van der Waals surface area (Å²) in [6, 6.07) is 10.1. The Morgan fingerprint density at radius 2 is 2.09 bits per heavy atom. The number of carbonyl (C=O) groups is 1. The highest BCUT2D eigenvalue weighted by atomic mass is 35.5. The Kier molecular flexibility index (Phi) is 7.70. The molecule has 3 aromatic heterocycles. The number of nitrogens with zero attached hydrogens (tertiary/aromatic N) is 6. The first-order valence-corrected chi connectivity index (χ1v) is 16.7. The van der Waals surface area contributed by atoms with Crippen molar-refractivity contribution in [2.75, 3.05) is 12.8 Å². The van der Waals surface area contributed by atoms with Gasteiger partial charge in [-0.15, -0.1) is 11.8 Å². The van der Waals surface area contributed by atoms with Crippen LogP contribution in [0.25, 0.3) is 32.9 Å². The van der Waals surface area contributed by atoms with Gasteiger partial charge in [-0.3, -0.25) is 9.78 Å². The van der Waals surface area contributed by atoms with Gasteiger partial charge in [-0.1, -0.05) is 35.3 Å². The third-order valence-corrected chi connectivity index (χ3v) is 10.9. The maximum Gasteiger partial charge on any atom is 0.407 e. The lowest BCUT2D eigenvalue weighted by atomic mass is 9.79. The molecule has 0 spiro atoms. The summed E-state index contributed by atoms with van der Waals surface area (Å²) in [5.41, 5.74) is 2.57. The predicted octanol–water partition coefficient (Wildman–Crippen LogP) is 7.57. The van der Waals surface area contributed by atoms with Crippen LogP contribution in [0.3, 0.4) is 0 Å². The van der Waals surface area contributed by atoms with E-state index in [0.29, 0.717) is 33.6 Å². The van der Waals surface area contributed by atoms with Crippen molar-refractivity contribution >= 4 is 62.9 Å². The lowest BCUT2D eigenvalue weighted by Gasteiger charge is -2.39. The van der Waals surface area contributed by atoms with Crippen LogP contribution in [0.4, 0.5) is 9.18 Å². The smallest absolute Gasteiger partial charge is 0.407 e. The topological polar surface area (TPSA) is 117 Å². The molecule has 234 valence electrons. The highest BCUT2D eigenvalue weighted by molar-refractivity contribution is 7.98. The maximum atomic E-state index is 17.0. The Morgan fingerprint density at radius 3 is 2.78 bits per heavy atom. The van der Waals surface area contributed by atoms with Crippen LogP contribution >= 0.6 is 35.0 Å². The Morgan fingerprint density at radius 1 is 1.28 bits per heavy atom. The van der Waals surface area contributed by atoms with Gasteiger partial charge in [-0.05, 0) is 49.8 Å². The molecule has 5 heterocycles. The fraction of sp³-hybridized carbons (Fsp3) is 0.303. The largest absolute Gasteiger partial charge is 0.465 e. The van der Waals surface area contributed by atoms with E-state index >= 15 is 4.39 Å². The molecular weight excluding hydrogens is 650 g/mol. The third kappa shape index (κ3) is 4.57. The van der Waals surface area contributed by atoms with E-state index in [1.165, 1.54) is 22.9 Å². The molecule has 1 N–H and O–H groups in total. The summed E-state index contributed by atoms with van der Waals surface area (Å²) in [4.78, 5) is 35.4. The fourth-order valence-electron chi connectivity index (χ4n) is 7.31. The second kappa shape index (κ2) is 11.6. The molecule has 13 heteroatoms. The number of amides is 1. The second-order valence-electron chi connectivity index (χ2n) is 11.7. The van der Waals surface area contributed by atoms with Crippen molar-refractivity contribution in [1.82, 2.24) is 24.0 Å². The summed E-state index contributed by atoms with van der Waals surface area (Å²) in [5.74, 6) is -0.534. The van der Waals surface area contributed by atoms with Gasteiger partial charge in [0, 0.05) is 58.9 Å². The van der Waals surface area contributed by atoms with Crippen LogP contribution in [0.15, 0.2) is 58.7 Å². The summed E-state index contributed by atoms with van der Waals surface area (Å²) < 4.78 is 20.7. The van der Waals surface area contributed by atoms with E-state index < -0.39 is 18.0 Å². The number of carboxylic acid groups (broad SMARTS) is 1. The van der Waals surface area contributed by atoms with Crippen molar-refractivity contribution in [3.63, 3.8) is 0 Å². The number of aryl methyl sites for hydroxylation is 1. The minimum Gasteiger partial charge on any atom is -0.465 e. The summed E-state index contributed by atoms with van der Waals surface area (Å²) >= 11 is 14.3. The average molecular weight is 678 g/mol. The van der Waals surface area contributed by atoms with Gasteiger partial charge in [0.15, 0.2) is 5.82 Å². The predicted molar refractivity (Wildman–Crippen MR) is 176 cm³/mol. The SMILES string of the molecule is CSc1nc2c(F)c(-c3cccc(Cl)c3Cl)c(CCC#N)cc2c2c1cc([C@@H](C)n1ccncc1=O)n2[C@H]1[C@@H]2C[C@H]1N(C(=O)O)C2. The van der Waals surface area contributed by atoms with Crippen molar-refractivity contribution in [2.24, 2.45) is 5.92 Å². The number of benzene rings is 2. The van der Waals surface area contributed by atoms with E-state index in [0.717, 1.165) is 17.5 Å². The quantitative estimate of drug-likeness (QED) is 0.177. The molecule has 8 rings (SSSR count). The summed E-state index contributed by atoms with van der Waals surface area (Å²) in [5, 5.41) is 21.9. The minimum atomic E-state index is -0.976. The lowest BCUT2D eigenvalue weighted by molar-refractivity contribution is 0.123. The summed E-state index contributed by atoms with van der Waals surface area (Å²) in [7, 11) is 0. The molecule has 0 radical (unpaired) electrons. The molecule has 3 aliphatic rings. The molecule has 2 aromatic carbocycles. The third-order valence-electron chi connectivity index (χ3n) is 9.40. The first-order chi connectivity index (χ1) is 22.2. The number of hydrogen-bond donors (Lipinski definition) is 1. The average Bonchev–Trinajstić information content (AvgIpc) is 3.75. The van der Waals surface area contributed by atoms with Crippen molar-refractivity contribution in [2.45, 2.75) is 49.3 Å². The number of rotatable bonds is 7. The van der Waals surface area contributed by atoms with Crippen LogP contribution in [-0.2, 0) is 6.42 Å². The van der Waals surface area contributed by atoms with Gasteiger partial charge < -0.3 is 19.1 Å². The van der Waals surface area contributed by atoms with Gasteiger partial charge in [0.2, 0.25) is 0 Å². The van der Waals surface area contributed by atoms with Crippen LogP contribution in [-0.4, -0.2) is 54.0 Å². The van der Waals surface area contributed by atoms with E-state index in [9.17, 15) is 20.0 Å². The molecule has 5 aromatic rings. The number of hydrogen-bond acceptors (Lipinski definition) is 6. The number of fused-ring (bicyclic) bond motifs is 4. The van der Waals surface area contributed by atoms with Crippen molar-refractivity contribution in [1.29, 1.82) is 5.26 Å². The van der Waals surface area contributed by atoms with Gasteiger partial charge in [0.1, 0.15) is 10.5 Å². The van der Waals surface area contributed by atoms with Crippen molar-refractivity contribution < 1.29 is 14.3 Å². The molecule has 1 saturated carbocycles. The normalized spacial score (nSPS) is 19.4. The van der Waals surface area contributed by atoms with Crippen LogP contribution < -0.4 is 5.56 Å². The van der Waals surface area contributed by atoms with Gasteiger partial charge >= 0.3 is 6.09 Å². The van der Waals surface area contributed by atoms with E-state index in [1.54, 1.807) is 35.2 Å². The molecule has 2 aliphatic heterocycles. The molecule has 1 aliphatic carbocycles. The van der Waals surface area contributed by atoms with E-state index in [4.69, 9.17) is 28.2 Å². The number of pyridine rings is 1. The van der Waals surface area contributed by atoms with E-state index in [2.05, 4.69) is 15.6 Å². The lowest BCUT2D eigenvalue weighted by Crippen LogP contribution is -2.43. The molecule has 9 nitrogen and oxygen atoms in total. The molecule has 3 fully saturated rings. The first-order valence-electron chi connectivity index (χ1n) is 14.7. The van der Waals surface area contributed by atoms with Crippen LogP contribution in [0, 0.1) is 23.1 Å². The van der Waals surface area contributed by atoms with Crippen LogP contribution in [0.5, 0.6) is 0 Å². The second-order valence-corrected chi connectivity index (χ2v) is 13.3. The van der Waals surface area contributed by atoms with Gasteiger partial charge in [0.05, 0.1) is 46.0 Å². The zero-order chi connectivity index (χ0) is 32.4. The zero-order valence-electron chi connectivity index (χ0n) is 24.7.